The van der Waals surface area contributed by atoms with Crippen LogP contribution in [0.15, 0.2) is 54.9 Å². The molecule has 4 rings (SSSR count). The molecule has 34 heavy (non-hydrogen) atoms. The summed E-state index contributed by atoms with van der Waals surface area (Å²) in [6, 6.07) is 12.2. The summed E-state index contributed by atoms with van der Waals surface area (Å²) in [4.78, 5) is 35.8. The Hall–Kier alpha value is -3.81. The van der Waals surface area contributed by atoms with E-state index in [2.05, 4.69) is 9.97 Å². The van der Waals surface area contributed by atoms with Gasteiger partial charge in [0.05, 0.1) is 0 Å². The molecule has 0 radical (unpaired) electrons. The third kappa shape index (κ3) is 5.06. The summed E-state index contributed by atoms with van der Waals surface area (Å²) in [5, 5.41) is 0. The minimum absolute atomic E-state index is 0.0779. The van der Waals surface area contributed by atoms with E-state index in [0.29, 0.717) is 35.7 Å². The summed E-state index contributed by atoms with van der Waals surface area (Å²) in [5.41, 5.74) is 1.23. The Labute approximate surface area is 197 Å². The van der Waals surface area contributed by atoms with Crippen molar-refractivity contribution in [1.29, 1.82) is 0 Å². The van der Waals surface area contributed by atoms with Crippen molar-refractivity contribution in [2.75, 3.05) is 6.61 Å². The maximum Gasteiger partial charge on any atom is 0.362 e. The number of amides is 1. The average Bonchev–Trinajstić information content (AvgIpc) is 3.14. The number of rotatable bonds is 8. The Morgan fingerprint density at radius 2 is 1.97 bits per heavy atom. The Morgan fingerprint density at radius 1 is 1.21 bits per heavy atom. The molecule has 7 nitrogen and oxygen atoms in total. The van der Waals surface area contributed by atoms with Gasteiger partial charge in [-0.05, 0) is 50.1 Å². The first-order chi connectivity index (χ1) is 16.3. The molecule has 0 spiro atoms. The van der Waals surface area contributed by atoms with Crippen molar-refractivity contribution < 1.29 is 23.5 Å². The molecule has 0 bridgehead atoms. The zero-order valence-electron chi connectivity index (χ0n) is 19.4. The largest absolute Gasteiger partial charge is 0.474 e. The summed E-state index contributed by atoms with van der Waals surface area (Å²) in [7, 11) is 0. The first-order valence-corrected chi connectivity index (χ1v) is 11.1. The highest BCUT2D eigenvalue weighted by Gasteiger charge is 2.32. The predicted molar refractivity (Wildman–Crippen MR) is 123 cm³/mol. The molecule has 3 heterocycles. The number of esters is 1. The van der Waals surface area contributed by atoms with Crippen molar-refractivity contribution in [3.63, 3.8) is 0 Å². The van der Waals surface area contributed by atoms with Crippen molar-refractivity contribution in [1.82, 2.24) is 14.9 Å². The second-order valence-corrected chi connectivity index (χ2v) is 8.57. The van der Waals surface area contributed by atoms with Crippen LogP contribution in [0.5, 0.6) is 11.6 Å². The lowest BCUT2D eigenvalue weighted by Crippen LogP contribution is -2.26. The van der Waals surface area contributed by atoms with Gasteiger partial charge in [-0.2, -0.15) is 0 Å². The second-order valence-electron chi connectivity index (χ2n) is 8.57. The van der Waals surface area contributed by atoms with Crippen LogP contribution in [-0.4, -0.2) is 39.0 Å². The molecule has 1 aliphatic heterocycles. The number of aromatic nitrogens is 2. The van der Waals surface area contributed by atoms with Crippen LogP contribution in [0.25, 0.3) is 0 Å². The standard InChI is InChI=1S/C26H26FN3O4/c1-4-26(3,27)16-33-23-17(2)12-18(13-29-23)14-30-15-21-20(24(30)31)10-11-28-22(21)25(32)34-19-8-6-5-7-9-19/h5-13H,4,14-16H2,1-3H3. The van der Waals surface area contributed by atoms with Gasteiger partial charge < -0.3 is 14.4 Å². The van der Waals surface area contributed by atoms with Crippen LogP contribution >= 0.6 is 0 Å². The summed E-state index contributed by atoms with van der Waals surface area (Å²) >= 11 is 0. The van der Waals surface area contributed by atoms with Gasteiger partial charge >= 0.3 is 5.97 Å². The van der Waals surface area contributed by atoms with Gasteiger partial charge in [0.1, 0.15) is 18.0 Å². The second kappa shape index (κ2) is 9.59. The number of alkyl halides is 1. The molecular weight excluding hydrogens is 437 g/mol. The van der Waals surface area contributed by atoms with Crippen LogP contribution in [0.4, 0.5) is 4.39 Å². The van der Waals surface area contributed by atoms with Gasteiger partial charge in [-0.3, -0.25) is 4.79 Å². The van der Waals surface area contributed by atoms with Crippen molar-refractivity contribution in [2.24, 2.45) is 0 Å². The van der Waals surface area contributed by atoms with Crippen LogP contribution in [-0.2, 0) is 13.1 Å². The normalized spacial score (nSPS) is 14.5. The number of carbonyl (C=O) groups excluding carboxylic acids is 2. The van der Waals surface area contributed by atoms with Gasteiger partial charge in [-0.25, -0.2) is 19.2 Å². The Bertz CT molecular complexity index is 1210. The number of halogens is 1. The lowest BCUT2D eigenvalue weighted by Gasteiger charge is -2.20. The van der Waals surface area contributed by atoms with E-state index >= 15 is 0 Å². The van der Waals surface area contributed by atoms with Gasteiger partial charge in [0.25, 0.3) is 5.91 Å². The first kappa shape index (κ1) is 23.4. The third-order valence-corrected chi connectivity index (χ3v) is 5.78. The number of ether oxygens (including phenoxy) is 2. The molecule has 1 unspecified atom stereocenters. The fourth-order valence-corrected chi connectivity index (χ4v) is 3.63. The van der Waals surface area contributed by atoms with Crippen molar-refractivity contribution >= 4 is 11.9 Å². The highest BCUT2D eigenvalue weighted by molar-refractivity contribution is 6.02. The molecule has 3 aromatic rings. The molecule has 0 N–H and O–H groups in total. The van der Waals surface area contributed by atoms with E-state index in [0.717, 1.165) is 11.1 Å². The number of para-hydroxylation sites is 1. The average molecular weight is 464 g/mol. The highest BCUT2D eigenvalue weighted by atomic mass is 19.1. The minimum atomic E-state index is -1.42. The Balaban J connectivity index is 1.47. The molecule has 1 aromatic carbocycles. The zero-order chi connectivity index (χ0) is 24.3. The number of hydrogen-bond donors (Lipinski definition) is 0. The smallest absolute Gasteiger partial charge is 0.362 e. The number of pyridine rings is 2. The van der Waals surface area contributed by atoms with Gasteiger partial charge in [0.2, 0.25) is 5.88 Å². The summed E-state index contributed by atoms with van der Waals surface area (Å²) in [5.74, 6) is -0.0276. The van der Waals surface area contributed by atoms with Crippen molar-refractivity contribution in [3.8, 4) is 11.6 Å². The van der Waals surface area contributed by atoms with Crippen LogP contribution in [0, 0.1) is 6.92 Å². The number of carbonyl (C=O) groups is 2. The molecule has 2 aromatic heterocycles. The van der Waals surface area contributed by atoms with Crippen LogP contribution in [0.2, 0.25) is 0 Å². The topological polar surface area (TPSA) is 81.6 Å². The maximum absolute atomic E-state index is 14.1. The molecule has 1 atom stereocenters. The Kier molecular flexibility index (Phi) is 6.58. The van der Waals surface area contributed by atoms with E-state index in [-0.39, 0.29) is 24.8 Å². The number of aryl methyl sites for hydroxylation is 1. The number of benzene rings is 1. The summed E-state index contributed by atoms with van der Waals surface area (Å²) in [6.45, 7) is 5.53. The molecule has 1 amide bonds. The van der Waals surface area contributed by atoms with Gasteiger partial charge in [0.15, 0.2) is 5.69 Å². The van der Waals surface area contributed by atoms with E-state index in [4.69, 9.17) is 9.47 Å². The zero-order valence-corrected chi connectivity index (χ0v) is 19.4. The monoisotopic (exact) mass is 463 g/mol. The highest BCUT2D eigenvalue weighted by Crippen LogP contribution is 2.28. The molecule has 8 heteroatoms. The SMILES string of the molecule is CCC(C)(F)COc1ncc(CN2Cc3c(ccnc3C(=O)Oc3ccccc3)C2=O)cc1C. The van der Waals surface area contributed by atoms with Gasteiger partial charge in [-0.15, -0.1) is 0 Å². The quantitative estimate of drug-likeness (QED) is 0.357. The molecule has 0 fully saturated rings. The summed E-state index contributed by atoms with van der Waals surface area (Å²) in [6.07, 6.45) is 3.40. The molecule has 1 aliphatic rings. The minimum Gasteiger partial charge on any atom is -0.474 e. The van der Waals surface area contributed by atoms with E-state index in [1.807, 2.05) is 19.1 Å². The lowest BCUT2D eigenvalue weighted by molar-refractivity contribution is 0.0721. The molecule has 0 saturated carbocycles. The fraction of sp³-hybridized carbons (Fsp3) is 0.308. The lowest BCUT2D eigenvalue weighted by atomic mass is 10.1. The maximum atomic E-state index is 14.1. The molecule has 0 saturated heterocycles. The number of nitrogens with zero attached hydrogens (tertiary/aromatic N) is 3. The van der Waals surface area contributed by atoms with E-state index < -0.39 is 11.6 Å². The van der Waals surface area contributed by atoms with Crippen LogP contribution in [0.1, 0.15) is 57.8 Å². The number of fused-ring (bicyclic) bond motifs is 1. The van der Waals surface area contributed by atoms with Crippen LogP contribution < -0.4 is 9.47 Å². The van der Waals surface area contributed by atoms with E-state index in [1.54, 1.807) is 48.4 Å². The predicted octanol–water partition coefficient (Wildman–Crippen LogP) is 4.68. The van der Waals surface area contributed by atoms with E-state index in [9.17, 15) is 14.0 Å². The van der Waals surface area contributed by atoms with Gasteiger partial charge in [-0.1, -0.05) is 25.1 Å². The van der Waals surface area contributed by atoms with Crippen LogP contribution in [0.3, 0.4) is 0 Å². The first-order valence-electron chi connectivity index (χ1n) is 11.1. The third-order valence-electron chi connectivity index (χ3n) is 5.78. The van der Waals surface area contributed by atoms with Crippen molar-refractivity contribution in [2.45, 2.75) is 46.0 Å². The Morgan fingerprint density at radius 3 is 2.68 bits per heavy atom. The summed E-state index contributed by atoms with van der Waals surface area (Å²) < 4.78 is 25.1. The molecule has 0 aliphatic carbocycles. The molecule has 176 valence electrons. The number of hydrogen-bond acceptors (Lipinski definition) is 6. The fourth-order valence-electron chi connectivity index (χ4n) is 3.63. The molecular formula is C26H26FN3O4. The van der Waals surface area contributed by atoms with E-state index in [1.165, 1.54) is 13.1 Å². The van der Waals surface area contributed by atoms with Crippen molar-refractivity contribution in [3.05, 3.63) is 82.8 Å². The van der Waals surface area contributed by atoms with Gasteiger partial charge in [0, 0.05) is 42.2 Å².